The van der Waals surface area contributed by atoms with Gasteiger partial charge in [-0.15, -0.1) is 11.3 Å². The Labute approximate surface area is 186 Å². The highest BCUT2D eigenvalue weighted by molar-refractivity contribution is 7.10. The molecule has 0 radical (unpaired) electrons. The van der Waals surface area contributed by atoms with Crippen molar-refractivity contribution in [3.8, 4) is 5.75 Å². The summed E-state index contributed by atoms with van der Waals surface area (Å²) in [6, 6.07) is 7.75. The van der Waals surface area contributed by atoms with Crippen molar-refractivity contribution >= 4 is 23.2 Å². The van der Waals surface area contributed by atoms with Crippen molar-refractivity contribution in [3.05, 3.63) is 52.0 Å². The third-order valence-electron chi connectivity index (χ3n) is 5.94. The van der Waals surface area contributed by atoms with Gasteiger partial charge in [-0.05, 0) is 66.5 Å². The van der Waals surface area contributed by atoms with E-state index < -0.39 is 0 Å². The van der Waals surface area contributed by atoms with Gasteiger partial charge in [0.25, 0.3) is 0 Å². The van der Waals surface area contributed by atoms with Crippen molar-refractivity contribution in [2.45, 2.75) is 39.2 Å². The standard InChI is InChI=1S/C24H29FN2O3S/c1-16(2)24(29)26(13-17-3-4-17)14-23(28)27-11-9-22-20(10-12-31-22)21(27)15-30-19-7-5-18(25)6-8-19/h5-8,10,12,16-17,21H,3-4,9,11,13-15H2,1-2H3/t21-/m0/s1. The Morgan fingerprint density at radius 3 is 2.65 bits per heavy atom. The summed E-state index contributed by atoms with van der Waals surface area (Å²) in [5, 5.41) is 2.05. The van der Waals surface area contributed by atoms with Gasteiger partial charge >= 0.3 is 0 Å². The summed E-state index contributed by atoms with van der Waals surface area (Å²) in [6.45, 7) is 5.44. The van der Waals surface area contributed by atoms with E-state index in [4.69, 9.17) is 4.74 Å². The highest BCUT2D eigenvalue weighted by Gasteiger charge is 2.35. The van der Waals surface area contributed by atoms with Crippen LogP contribution in [0, 0.1) is 17.7 Å². The van der Waals surface area contributed by atoms with Crippen molar-refractivity contribution in [2.75, 3.05) is 26.2 Å². The van der Waals surface area contributed by atoms with Crippen molar-refractivity contribution in [3.63, 3.8) is 0 Å². The average molecular weight is 445 g/mol. The van der Waals surface area contributed by atoms with Gasteiger partial charge in [-0.2, -0.15) is 0 Å². The molecular weight excluding hydrogens is 415 g/mol. The number of rotatable bonds is 8. The van der Waals surface area contributed by atoms with Gasteiger partial charge in [0.15, 0.2) is 0 Å². The molecule has 1 fully saturated rings. The minimum atomic E-state index is -0.312. The predicted molar refractivity (Wildman–Crippen MR) is 119 cm³/mol. The first-order chi connectivity index (χ1) is 14.9. The second-order valence-corrected chi connectivity index (χ2v) is 9.73. The van der Waals surface area contributed by atoms with Crippen LogP contribution in [0.4, 0.5) is 4.39 Å². The Bertz CT molecular complexity index is 923. The number of fused-ring (bicyclic) bond motifs is 1. The number of carbonyl (C=O) groups is 2. The molecule has 1 aliphatic heterocycles. The van der Waals surface area contributed by atoms with Crippen LogP contribution in [0.3, 0.4) is 0 Å². The smallest absolute Gasteiger partial charge is 0.242 e. The molecule has 7 heteroatoms. The van der Waals surface area contributed by atoms with E-state index in [2.05, 4.69) is 6.07 Å². The van der Waals surface area contributed by atoms with Gasteiger partial charge in [-0.3, -0.25) is 9.59 Å². The van der Waals surface area contributed by atoms with Gasteiger partial charge in [-0.25, -0.2) is 4.39 Å². The van der Waals surface area contributed by atoms with E-state index in [1.807, 2.05) is 24.1 Å². The van der Waals surface area contributed by atoms with Crippen LogP contribution in [0.25, 0.3) is 0 Å². The van der Waals surface area contributed by atoms with Gasteiger partial charge in [0.2, 0.25) is 11.8 Å². The third-order valence-corrected chi connectivity index (χ3v) is 6.94. The molecule has 1 atom stereocenters. The molecule has 2 amide bonds. The molecule has 0 N–H and O–H groups in total. The molecule has 5 nitrogen and oxygen atoms in total. The fourth-order valence-corrected chi connectivity index (χ4v) is 4.97. The van der Waals surface area contributed by atoms with E-state index in [9.17, 15) is 14.0 Å². The number of nitrogens with zero attached hydrogens (tertiary/aromatic N) is 2. The quantitative estimate of drug-likeness (QED) is 0.610. The normalized spacial score (nSPS) is 18.1. The topological polar surface area (TPSA) is 49.9 Å². The Morgan fingerprint density at radius 2 is 1.97 bits per heavy atom. The summed E-state index contributed by atoms with van der Waals surface area (Å²) in [5.41, 5.74) is 1.11. The van der Waals surface area contributed by atoms with Crippen molar-refractivity contribution in [1.82, 2.24) is 9.80 Å². The Morgan fingerprint density at radius 1 is 1.23 bits per heavy atom. The van der Waals surface area contributed by atoms with E-state index in [-0.39, 0.29) is 36.1 Å². The van der Waals surface area contributed by atoms with Gasteiger partial charge in [0.05, 0.1) is 12.6 Å². The Kier molecular flexibility index (Phi) is 6.60. The molecule has 1 saturated carbocycles. The first-order valence-electron chi connectivity index (χ1n) is 10.9. The molecule has 1 aromatic carbocycles. The van der Waals surface area contributed by atoms with Crippen LogP contribution in [0.5, 0.6) is 5.75 Å². The van der Waals surface area contributed by atoms with E-state index in [0.717, 1.165) is 24.8 Å². The number of hydrogen-bond acceptors (Lipinski definition) is 4. The second-order valence-electron chi connectivity index (χ2n) is 8.73. The van der Waals surface area contributed by atoms with Crippen molar-refractivity contribution in [2.24, 2.45) is 11.8 Å². The van der Waals surface area contributed by atoms with Crippen molar-refractivity contribution < 1.29 is 18.7 Å². The van der Waals surface area contributed by atoms with Gasteiger partial charge < -0.3 is 14.5 Å². The number of ether oxygens (including phenoxy) is 1. The number of halogens is 1. The number of amides is 2. The summed E-state index contributed by atoms with van der Waals surface area (Å²) in [6.07, 6.45) is 3.07. The molecule has 0 bridgehead atoms. The summed E-state index contributed by atoms with van der Waals surface area (Å²) in [4.78, 5) is 30.9. The van der Waals surface area contributed by atoms with Crippen LogP contribution >= 0.6 is 11.3 Å². The van der Waals surface area contributed by atoms with Gasteiger partial charge in [0.1, 0.15) is 18.2 Å². The number of hydrogen-bond donors (Lipinski definition) is 0. The van der Waals surface area contributed by atoms with Gasteiger partial charge in [0, 0.05) is 23.9 Å². The number of benzene rings is 1. The zero-order chi connectivity index (χ0) is 22.0. The van der Waals surface area contributed by atoms with Crippen LogP contribution in [0.2, 0.25) is 0 Å². The third kappa shape index (κ3) is 5.26. The Balaban J connectivity index is 1.49. The van der Waals surface area contributed by atoms with Crippen LogP contribution in [0.1, 0.15) is 43.2 Å². The molecule has 1 aliphatic carbocycles. The maximum Gasteiger partial charge on any atom is 0.242 e. The largest absolute Gasteiger partial charge is 0.491 e. The Hall–Kier alpha value is -2.41. The molecule has 166 valence electrons. The molecule has 31 heavy (non-hydrogen) atoms. The molecule has 2 aromatic rings. The average Bonchev–Trinajstić information content (AvgIpc) is 3.44. The van der Waals surface area contributed by atoms with Crippen LogP contribution in [-0.4, -0.2) is 47.9 Å². The number of thiophene rings is 1. The zero-order valence-electron chi connectivity index (χ0n) is 18.1. The highest BCUT2D eigenvalue weighted by atomic mass is 32.1. The summed E-state index contributed by atoms with van der Waals surface area (Å²) >= 11 is 1.70. The van der Waals surface area contributed by atoms with E-state index in [0.29, 0.717) is 31.4 Å². The SMILES string of the molecule is CC(C)C(=O)N(CC(=O)N1CCc2sccc2[C@@H]1COc1ccc(F)cc1)CC1CC1. The summed E-state index contributed by atoms with van der Waals surface area (Å²) in [7, 11) is 0. The lowest BCUT2D eigenvalue weighted by Gasteiger charge is -2.37. The first-order valence-corrected chi connectivity index (χ1v) is 11.8. The molecule has 0 spiro atoms. The summed E-state index contributed by atoms with van der Waals surface area (Å²) in [5.74, 6) is 0.646. The molecular formula is C24H29FN2O3S. The second kappa shape index (κ2) is 9.39. The lowest BCUT2D eigenvalue weighted by molar-refractivity contribution is -0.144. The van der Waals surface area contributed by atoms with E-state index in [1.54, 1.807) is 28.4 Å². The molecule has 2 heterocycles. The van der Waals surface area contributed by atoms with Crippen LogP contribution in [-0.2, 0) is 16.0 Å². The first kappa shape index (κ1) is 21.8. The molecule has 1 aromatic heterocycles. The molecule has 4 rings (SSSR count). The van der Waals surface area contributed by atoms with Crippen molar-refractivity contribution in [1.29, 1.82) is 0 Å². The van der Waals surface area contributed by atoms with Gasteiger partial charge in [-0.1, -0.05) is 13.8 Å². The zero-order valence-corrected chi connectivity index (χ0v) is 18.9. The minimum absolute atomic E-state index is 0.0348. The number of carbonyl (C=O) groups excluding carboxylic acids is 2. The minimum Gasteiger partial charge on any atom is -0.491 e. The predicted octanol–water partition coefficient (Wildman–Crippen LogP) is 4.29. The maximum absolute atomic E-state index is 13.4. The van der Waals surface area contributed by atoms with Crippen LogP contribution in [0.15, 0.2) is 35.7 Å². The molecule has 2 aliphatic rings. The van der Waals surface area contributed by atoms with E-state index in [1.165, 1.54) is 17.0 Å². The molecule has 0 unspecified atom stereocenters. The van der Waals surface area contributed by atoms with Crippen LogP contribution < -0.4 is 4.74 Å². The fraction of sp³-hybridized carbons (Fsp3) is 0.500. The lowest BCUT2D eigenvalue weighted by Crippen LogP contribution is -2.49. The monoisotopic (exact) mass is 444 g/mol. The fourth-order valence-electron chi connectivity index (χ4n) is 4.04. The lowest BCUT2D eigenvalue weighted by atomic mass is 10.00. The highest BCUT2D eigenvalue weighted by Crippen LogP contribution is 2.34. The maximum atomic E-state index is 13.4. The summed E-state index contributed by atoms with van der Waals surface area (Å²) < 4.78 is 19.1. The molecule has 0 saturated heterocycles. The van der Waals surface area contributed by atoms with E-state index >= 15 is 0 Å².